The summed E-state index contributed by atoms with van der Waals surface area (Å²) in [6, 6.07) is 12.7. The number of ether oxygens (including phenoxy) is 1. The van der Waals surface area contributed by atoms with Gasteiger partial charge in [0, 0.05) is 35.2 Å². The molecule has 25 heavy (non-hydrogen) atoms. The van der Waals surface area contributed by atoms with Gasteiger partial charge in [0.25, 0.3) is 0 Å². The average molecular weight is 334 g/mol. The summed E-state index contributed by atoms with van der Waals surface area (Å²) in [6.45, 7) is 2.13. The first kappa shape index (κ1) is 17.0. The lowest BCUT2D eigenvalue weighted by atomic mass is 9.73. The van der Waals surface area contributed by atoms with E-state index in [1.807, 2.05) is 48.3 Å². The van der Waals surface area contributed by atoms with Crippen molar-refractivity contribution < 1.29 is 9.30 Å². The lowest BCUT2D eigenvalue weighted by Gasteiger charge is -2.26. The number of methoxy groups -OCH3 is 1. The van der Waals surface area contributed by atoms with Crippen LogP contribution in [-0.4, -0.2) is 12.1 Å². The van der Waals surface area contributed by atoms with Crippen LogP contribution < -0.4 is 9.30 Å². The molecule has 3 aromatic rings. The van der Waals surface area contributed by atoms with E-state index in [0.29, 0.717) is 6.42 Å². The fraction of sp³-hybridized carbons (Fsp3) is 0.333. The number of benzene rings is 1. The van der Waals surface area contributed by atoms with Gasteiger partial charge in [-0.3, -0.25) is 0 Å². The molecule has 0 saturated heterocycles. The van der Waals surface area contributed by atoms with Crippen LogP contribution in [0.3, 0.4) is 0 Å². The van der Waals surface area contributed by atoms with E-state index in [0.717, 1.165) is 40.6 Å². The van der Waals surface area contributed by atoms with Crippen LogP contribution in [-0.2, 0) is 18.9 Å². The predicted molar refractivity (Wildman–Crippen MR) is 98.4 cm³/mol. The number of H-pyrrole nitrogens is 1. The smallest absolute Gasteiger partial charge is 0.171 e. The normalized spacial score (nSPS) is 13.4. The summed E-state index contributed by atoms with van der Waals surface area (Å²) in [6.07, 6.45) is 8.54. The summed E-state index contributed by atoms with van der Waals surface area (Å²) in [4.78, 5) is 3.32. The first-order chi connectivity index (χ1) is 12.1. The molecule has 2 heterocycles. The molecular formula is C21H24N3O+. The maximum Gasteiger partial charge on any atom is 0.171 e. The number of aryl methyl sites for hydroxylation is 1. The van der Waals surface area contributed by atoms with Crippen molar-refractivity contribution in [2.24, 2.45) is 7.05 Å². The van der Waals surface area contributed by atoms with Gasteiger partial charge in [0.05, 0.1) is 18.6 Å². The lowest BCUT2D eigenvalue weighted by Crippen LogP contribution is -2.31. The van der Waals surface area contributed by atoms with Crippen LogP contribution in [0.1, 0.15) is 30.9 Å². The third-order valence-electron chi connectivity index (χ3n) is 4.80. The molecule has 1 N–H and O–H groups in total. The van der Waals surface area contributed by atoms with Crippen LogP contribution in [0.25, 0.3) is 10.9 Å². The molecule has 1 aromatic carbocycles. The minimum Gasteiger partial charge on any atom is -0.497 e. The van der Waals surface area contributed by atoms with Gasteiger partial charge in [-0.05, 0) is 36.2 Å². The standard InChI is InChI=1S/C21H24N3O/c1-4-9-21(15-22,12-16-6-5-10-24(2)14-16)19-13-23-20-8-7-17(25-3)11-18(19)20/h5-8,10-11,13-14,23H,4,9,12H2,1-3H3/q+1. The van der Waals surface area contributed by atoms with Crippen LogP contribution in [0.4, 0.5) is 0 Å². The van der Waals surface area contributed by atoms with Crippen molar-refractivity contribution in [3.63, 3.8) is 0 Å². The Bertz CT molecular complexity index is 922. The monoisotopic (exact) mass is 334 g/mol. The molecule has 0 aliphatic rings. The van der Waals surface area contributed by atoms with Crippen LogP contribution in [0.2, 0.25) is 0 Å². The van der Waals surface area contributed by atoms with Crippen LogP contribution in [0.5, 0.6) is 5.75 Å². The number of aromatic amines is 1. The molecule has 0 fully saturated rings. The lowest BCUT2D eigenvalue weighted by molar-refractivity contribution is -0.671. The predicted octanol–water partition coefficient (Wildman–Crippen LogP) is 3.81. The summed E-state index contributed by atoms with van der Waals surface area (Å²) in [7, 11) is 3.68. The Balaban J connectivity index is 2.14. The van der Waals surface area contributed by atoms with Crippen molar-refractivity contribution in [1.29, 1.82) is 5.26 Å². The summed E-state index contributed by atoms with van der Waals surface area (Å²) < 4.78 is 7.42. The highest BCUT2D eigenvalue weighted by Gasteiger charge is 2.35. The number of nitriles is 1. The topological polar surface area (TPSA) is 52.7 Å². The number of nitrogens with zero attached hydrogens (tertiary/aromatic N) is 2. The van der Waals surface area contributed by atoms with E-state index >= 15 is 0 Å². The Kier molecular flexibility index (Phi) is 4.76. The number of pyridine rings is 1. The molecule has 0 bridgehead atoms. The molecule has 2 aromatic heterocycles. The second kappa shape index (κ2) is 6.98. The zero-order valence-corrected chi connectivity index (χ0v) is 15.0. The number of hydrogen-bond donors (Lipinski definition) is 1. The summed E-state index contributed by atoms with van der Waals surface area (Å²) in [5.74, 6) is 0.808. The molecule has 0 saturated carbocycles. The van der Waals surface area contributed by atoms with Gasteiger partial charge in [0.2, 0.25) is 0 Å². The second-order valence-corrected chi connectivity index (χ2v) is 6.61. The van der Waals surface area contributed by atoms with Crippen molar-refractivity contribution in [3.05, 3.63) is 60.0 Å². The number of rotatable bonds is 6. The van der Waals surface area contributed by atoms with Crippen molar-refractivity contribution in [2.45, 2.75) is 31.6 Å². The molecule has 128 valence electrons. The van der Waals surface area contributed by atoms with E-state index in [-0.39, 0.29) is 0 Å². The fourth-order valence-electron chi connectivity index (χ4n) is 3.63. The Morgan fingerprint density at radius 2 is 2.16 bits per heavy atom. The van der Waals surface area contributed by atoms with E-state index in [4.69, 9.17) is 4.74 Å². The largest absolute Gasteiger partial charge is 0.497 e. The van der Waals surface area contributed by atoms with E-state index in [1.165, 1.54) is 0 Å². The summed E-state index contributed by atoms with van der Waals surface area (Å²) >= 11 is 0. The second-order valence-electron chi connectivity index (χ2n) is 6.61. The third kappa shape index (κ3) is 3.23. The molecule has 4 nitrogen and oxygen atoms in total. The first-order valence-electron chi connectivity index (χ1n) is 8.63. The van der Waals surface area contributed by atoms with Gasteiger partial charge in [-0.15, -0.1) is 0 Å². The minimum absolute atomic E-state index is 0.562. The highest BCUT2D eigenvalue weighted by molar-refractivity contribution is 5.86. The van der Waals surface area contributed by atoms with E-state index in [2.05, 4.69) is 30.2 Å². The zero-order valence-electron chi connectivity index (χ0n) is 15.0. The number of fused-ring (bicyclic) bond motifs is 1. The van der Waals surface area contributed by atoms with Gasteiger partial charge in [-0.2, -0.15) is 5.26 Å². The Morgan fingerprint density at radius 3 is 2.84 bits per heavy atom. The van der Waals surface area contributed by atoms with Gasteiger partial charge in [0.15, 0.2) is 12.4 Å². The van der Waals surface area contributed by atoms with Gasteiger partial charge in [-0.1, -0.05) is 13.3 Å². The quantitative estimate of drug-likeness (QED) is 0.697. The SMILES string of the molecule is CCCC(C#N)(Cc1ccc[n+](C)c1)c1c[nH]c2ccc(OC)cc12. The van der Waals surface area contributed by atoms with Crippen molar-refractivity contribution >= 4 is 10.9 Å². The molecule has 0 aliphatic heterocycles. The summed E-state index contributed by atoms with van der Waals surface area (Å²) in [5.41, 5.74) is 2.69. The fourth-order valence-corrected chi connectivity index (χ4v) is 3.63. The molecular weight excluding hydrogens is 310 g/mol. The van der Waals surface area contributed by atoms with E-state index in [1.54, 1.807) is 7.11 Å². The van der Waals surface area contributed by atoms with Gasteiger partial charge in [-0.25, -0.2) is 4.57 Å². The Labute approximate surface area is 148 Å². The molecule has 0 aliphatic carbocycles. The summed E-state index contributed by atoms with van der Waals surface area (Å²) in [5, 5.41) is 11.3. The number of nitrogens with one attached hydrogen (secondary N) is 1. The van der Waals surface area contributed by atoms with Gasteiger partial charge >= 0.3 is 0 Å². The van der Waals surface area contributed by atoms with Gasteiger partial charge < -0.3 is 9.72 Å². The molecule has 0 amide bonds. The van der Waals surface area contributed by atoms with Crippen molar-refractivity contribution in [2.75, 3.05) is 7.11 Å². The number of hydrogen-bond acceptors (Lipinski definition) is 2. The van der Waals surface area contributed by atoms with Gasteiger partial charge in [0.1, 0.15) is 12.8 Å². The third-order valence-corrected chi connectivity index (χ3v) is 4.80. The van der Waals surface area contributed by atoms with Crippen LogP contribution in [0.15, 0.2) is 48.9 Å². The molecule has 0 radical (unpaired) electrons. The van der Waals surface area contributed by atoms with E-state index in [9.17, 15) is 5.26 Å². The number of aromatic nitrogens is 2. The Hall–Kier alpha value is -2.80. The van der Waals surface area contributed by atoms with Crippen LogP contribution in [0, 0.1) is 11.3 Å². The van der Waals surface area contributed by atoms with Crippen LogP contribution >= 0.6 is 0 Å². The molecule has 1 unspecified atom stereocenters. The minimum atomic E-state index is -0.562. The van der Waals surface area contributed by atoms with E-state index < -0.39 is 5.41 Å². The molecule has 0 spiro atoms. The van der Waals surface area contributed by atoms with Crippen molar-refractivity contribution in [1.82, 2.24) is 4.98 Å². The maximum absolute atomic E-state index is 10.2. The highest BCUT2D eigenvalue weighted by atomic mass is 16.5. The maximum atomic E-state index is 10.2. The van der Waals surface area contributed by atoms with Crippen molar-refractivity contribution in [3.8, 4) is 11.8 Å². The first-order valence-corrected chi connectivity index (χ1v) is 8.63. The Morgan fingerprint density at radius 1 is 1.32 bits per heavy atom. The zero-order chi connectivity index (χ0) is 17.9. The molecule has 3 rings (SSSR count). The highest BCUT2D eigenvalue weighted by Crippen LogP contribution is 2.38. The molecule has 4 heteroatoms. The average Bonchev–Trinajstić information content (AvgIpc) is 3.05. The molecule has 1 atom stereocenters.